The molecule has 744 valence electrons. The number of carbonyl (C=O) groups excluding carboxylic acids is 8. The molecule has 8 rings (SSSR count). The van der Waals surface area contributed by atoms with E-state index in [-0.39, 0.29) is 123 Å². The Morgan fingerprint density at radius 1 is 0.206 bits per heavy atom. The molecule has 24 nitrogen and oxygen atoms in total. The van der Waals surface area contributed by atoms with Crippen LogP contribution in [-0.4, -0.2) is 126 Å². The molecule has 0 amide bonds. The summed E-state index contributed by atoms with van der Waals surface area (Å²) in [6.45, 7) is 36.5. The zero-order valence-corrected chi connectivity index (χ0v) is 83.9. The van der Waals surface area contributed by atoms with Gasteiger partial charge in [0.25, 0.3) is 0 Å². The second-order valence-corrected chi connectivity index (χ2v) is 33.6. The van der Waals surface area contributed by atoms with Crippen LogP contribution in [0.3, 0.4) is 0 Å². The van der Waals surface area contributed by atoms with Crippen molar-refractivity contribution in [3.63, 3.8) is 0 Å². The van der Waals surface area contributed by atoms with Crippen LogP contribution < -0.4 is 60.8 Å². The predicted octanol–water partition coefficient (Wildman–Crippen LogP) is 21.6. The van der Waals surface area contributed by atoms with Gasteiger partial charge in [-0.3, -0.25) is 38.4 Å². The number of nitrogens with two attached hydrogens (primary N) is 4. The number of hydrogen-bond donors (Lipinski definition) is 4. The van der Waals surface area contributed by atoms with Crippen LogP contribution in [0.5, 0.6) is 46.0 Å². The number of hydrogen-bond acceptors (Lipinski definition) is 24. The maximum absolute atomic E-state index is 13.4. The lowest BCUT2D eigenvalue weighted by atomic mass is 9.85. The van der Waals surface area contributed by atoms with E-state index >= 15 is 0 Å². The van der Waals surface area contributed by atoms with Gasteiger partial charge in [0.1, 0.15) is 69.1 Å². The van der Waals surface area contributed by atoms with E-state index in [1.54, 1.807) is 27.7 Å². The highest BCUT2D eigenvalue weighted by atomic mass is 16.5. The van der Waals surface area contributed by atoms with Crippen molar-refractivity contribution >= 4 is 69.8 Å². The SMILES string of the molecule is CCCC(Cc1ccc(OCC)c(N)c1)C(=O)CC(Cc1ccc(OCC)cc1)C(=O)OCC.CCCC(Cc1ccc(OCC)c(N)c1)C(=O)CC(Cc1ccc(OCC)cc1)C(=O)OCC.CCCC(Cc1ccc(OCC)c(N)c1)C(=O)CC(Cc1ccc(OCC)cc1)C(=O)OCC.CCCC(Cc1ccc(OCC)c(N)c1)C(=O)CC(Cc1ccc(OCC)cc1)C(=O)OCC. The van der Waals surface area contributed by atoms with Gasteiger partial charge in [-0.1, -0.05) is 126 Å². The molecule has 0 heterocycles. The molecular formula is C112H156N4O20. The normalized spacial score (nSPS) is 12.6. The molecule has 8 N–H and O–H groups in total. The first-order valence-corrected chi connectivity index (χ1v) is 49.3. The van der Waals surface area contributed by atoms with E-state index < -0.39 is 23.7 Å². The maximum Gasteiger partial charge on any atom is 0.309 e. The summed E-state index contributed by atoms with van der Waals surface area (Å²) in [4.78, 5) is 104. The van der Waals surface area contributed by atoms with E-state index in [0.717, 1.165) is 119 Å². The summed E-state index contributed by atoms with van der Waals surface area (Å²) in [6, 6.07) is 53.4. The number of ketones is 4. The Kier molecular flexibility index (Phi) is 54.5. The third-order valence-electron chi connectivity index (χ3n) is 22.9. The van der Waals surface area contributed by atoms with Gasteiger partial charge in [0.05, 0.1) is 126 Å². The minimum atomic E-state index is -0.518. The van der Waals surface area contributed by atoms with Gasteiger partial charge in [-0.05, 0) is 302 Å². The fourth-order valence-corrected chi connectivity index (χ4v) is 16.4. The molecule has 0 aliphatic heterocycles. The van der Waals surface area contributed by atoms with Crippen molar-refractivity contribution in [3.8, 4) is 46.0 Å². The first kappa shape index (κ1) is 114. The van der Waals surface area contributed by atoms with Crippen LogP contribution in [0.2, 0.25) is 0 Å². The van der Waals surface area contributed by atoms with E-state index in [2.05, 4.69) is 27.7 Å². The van der Waals surface area contributed by atoms with Crippen LogP contribution >= 0.6 is 0 Å². The summed E-state index contributed by atoms with van der Waals surface area (Å²) in [6.07, 6.45) is 11.3. The van der Waals surface area contributed by atoms with Crippen LogP contribution in [-0.2, 0) is 109 Å². The molecule has 0 fully saturated rings. The highest BCUT2D eigenvalue weighted by Crippen LogP contribution is 2.35. The molecule has 8 atom stereocenters. The van der Waals surface area contributed by atoms with E-state index in [1.807, 2.05) is 225 Å². The topological polar surface area (TPSA) is 351 Å². The Hall–Kier alpha value is -12.1. The smallest absolute Gasteiger partial charge is 0.309 e. The summed E-state index contributed by atoms with van der Waals surface area (Å²) in [5, 5.41) is 0. The third-order valence-corrected chi connectivity index (χ3v) is 22.9. The lowest BCUT2D eigenvalue weighted by Crippen LogP contribution is -2.27. The van der Waals surface area contributed by atoms with Crippen molar-refractivity contribution in [2.24, 2.45) is 47.3 Å². The van der Waals surface area contributed by atoms with E-state index in [9.17, 15) is 38.4 Å². The number of Topliss-reactive ketones (excluding diaryl/α,β-unsaturated/α-hetero) is 4. The standard InChI is InChI=1S/4C28H39NO5/c4*1-5-9-22(17-21-12-15-27(33-7-3)25(29)18-21)26(30)19-23(28(31)34-8-4)16-20-10-13-24(14-11-20)32-6-2/h4*10-15,18,22-23H,5-9,16-17,19,29H2,1-4H3. The van der Waals surface area contributed by atoms with E-state index in [0.29, 0.717) is 150 Å². The van der Waals surface area contributed by atoms with Gasteiger partial charge < -0.3 is 79.8 Å². The van der Waals surface area contributed by atoms with Crippen LogP contribution in [0.25, 0.3) is 0 Å². The number of benzene rings is 8. The number of ether oxygens (including phenoxy) is 12. The minimum Gasteiger partial charge on any atom is -0.494 e. The van der Waals surface area contributed by atoms with Gasteiger partial charge in [-0.15, -0.1) is 0 Å². The Labute approximate surface area is 809 Å². The molecule has 0 saturated carbocycles. The van der Waals surface area contributed by atoms with Gasteiger partial charge in [0.15, 0.2) is 0 Å². The van der Waals surface area contributed by atoms with Crippen LogP contribution in [0, 0.1) is 47.3 Å². The summed E-state index contributed by atoms with van der Waals surface area (Å²) >= 11 is 0. The molecule has 0 saturated heterocycles. The van der Waals surface area contributed by atoms with Crippen molar-refractivity contribution in [2.45, 2.75) is 239 Å². The average molecular weight is 1880 g/mol. The molecule has 0 aliphatic carbocycles. The van der Waals surface area contributed by atoms with Crippen LogP contribution in [0.15, 0.2) is 170 Å². The second-order valence-electron chi connectivity index (χ2n) is 33.6. The van der Waals surface area contributed by atoms with Crippen LogP contribution in [0.1, 0.15) is 232 Å². The van der Waals surface area contributed by atoms with Gasteiger partial charge in [0, 0.05) is 49.4 Å². The van der Waals surface area contributed by atoms with E-state index in [4.69, 9.17) is 79.8 Å². The molecular weight excluding hydrogens is 1720 g/mol. The van der Waals surface area contributed by atoms with Crippen LogP contribution in [0.4, 0.5) is 22.7 Å². The lowest BCUT2D eigenvalue weighted by molar-refractivity contribution is -0.150. The molecule has 0 spiro atoms. The Balaban J connectivity index is 0.000000320. The Bertz CT molecular complexity index is 4240. The third kappa shape index (κ3) is 41.2. The van der Waals surface area contributed by atoms with Crippen molar-refractivity contribution in [1.29, 1.82) is 0 Å². The number of anilines is 4. The first-order chi connectivity index (χ1) is 65.6. The van der Waals surface area contributed by atoms with Crippen molar-refractivity contribution in [3.05, 3.63) is 214 Å². The summed E-state index contributed by atoms with van der Waals surface area (Å²) < 4.78 is 65.3. The average Bonchev–Trinajstić information content (AvgIpc) is 0.860. The largest absolute Gasteiger partial charge is 0.494 e. The molecule has 0 aromatic heterocycles. The number of esters is 4. The Morgan fingerprint density at radius 3 is 0.515 bits per heavy atom. The second kappa shape index (κ2) is 64.8. The quantitative estimate of drug-likeness (QED) is 0.0156. The zero-order chi connectivity index (χ0) is 99.7. The van der Waals surface area contributed by atoms with Gasteiger partial charge in [0.2, 0.25) is 0 Å². The lowest BCUT2D eigenvalue weighted by Gasteiger charge is -2.20. The highest BCUT2D eigenvalue weighted by molar-refractivity contribution is 5.89. The number of rotatable bonds is 60. The van der Waals surface area contributed by atoms with E-state index in [1.165, 1.54) is 0 Å². The molecule has 8 aromatic rings. The summed E-state index contributed by atoms with van der Waals surface area (Å²) in [7, 11) is 0. The van der Waals surface area contributed by atoms with Gasteiger partial charge in [-0.2, -0.15) is 0 Å². The summed E-state index contributed by atoms with van der Waals surface area (Å²) in [5.74, 6) is 1.98. The fraction of sp³-hybridized carbons (Fsp3) is 0.500. The molecule has 8 unspecified atom stereocenters. The fourth-order valence-electron chi connectivity index (χ4n) is 16.4. The molecule has 24 heteroatoms. The molecule has 0 bridgehead atoms. The van der Waals surface area contributed by atoms with Crippen molar-refractivity contribution < 1.29 is 95.2 Å². The molecule has 0 aliphatic rings. The molecule has 8 aromatic carbocycles. The minimum absolute atomic E-state index is 0.0818. The highest BCUT2D eigenvalue weighted by Gasteiger charge is 2.33. The predicted molar refractivity (Wildman–Crippen MR) is 541 cm³/mol. The van der Waals surface area contributed by atoms with Crippen molar-refractivity contribution in [2.75, 3.05) is 102 Å². The monoisotopic (exact) mass is 1880 g/mol. The van der Waals surface area contributed by atoms with Crippen molar-refractivity contribution in [1.82, 2.24) is 0 Å². The first-order valence-electron chi connectivity index (χ1n) is 49.3. The number of carbonyl (C=O) groups is 8. The molecule has 136 heavy (non-hydrogen) atoms. The molecule has 0 radical (unpaired) electrons. The Morgan fingerprint density at radius 2 is 0.368 bits per heavy atom. The maximum atomic E-state index is 13.4. The zero-order valence-electron chi connectivity index (χ0n) is 83.9. The van der Waals surface area contributed by atoms with Gasteiger partial charge >= 0.3 is 23.9 Å². The van der Waals surface area contributed by atoms with Gasteiger partial charge in [-0.25, -0.2) is 0 Å². The number of nitrogen functional groups attached to an aromatic ring is 4. The summed E-state index contributed by atoms with van der Waals surface area (Å²) in [5.41, 5.74) is 34.6.